The molecule has 0 heterocycles. The van der Waals surface area contributed by atoms with E-state index in [1.54, 1.807) is 23.9 Å². The second kappa shape index (κ2) is 7.50. The number of methoxy groups -OCH3 is 1. The molecule has 1 aromatic carbocycles. The first-order valence-corrected chi connectivity index (χ1v) is 7.22. The maximum absolute atomic E-state index is 12.8. The van der Waals surface area contributed by atoms with Crippen molar-refractivity contribution in [2.75, 3.05) is 19.4 Å². The van der Waals surface area contributed by atoms with Crippen LogP contribution in [0.25, 0.3) is 0 Å². The zero-order valence-corrected chi connectivity index (χ0v) is 12.3. The summed E-state index contributed by atoms with van der Waals surface area (Å²) in [6, 6.07) is 6.35. The van der Waals surface area contributed by atoms with E-state index in [1.165, 1.54) is 19.2 Å². The van der Waals surface area contributed by atoms with E-state index in [0.717, 1.165) is 10.6 Å². The van der Waals surface area contributed by atoms with Crippen LogP contribution in [-0.4, -0.2) is 30.9 Å². The molecule has 0 bridgehead atoms. The smallest absolute Gasteiger partial charge is 0.325 e. The van der Waals surface area contributed by atoms with Crippen molar-refractivity contribution in [1.29, 1.82) is 0 Å². The van der Waals surface area contributed by atoms with Gasteiger partial charge in [0.2, 0.25) is 0 Å². The number of hydrogen-bond acceptors (Lipinski definition) is 4. The summed E-state index contributed by atoms with van der Waals surface area (Å²) in [7, 11) is 1.39. The van der Waals surface area contributed by atoms with E-state index in [0.29, 0.717) is 13.0 Å². The van der Waals surface area contributed by atoms with Gasteiger partial charge in [-0.15, -0.1) is 11.8 Å². The molecule has 1 rings (SSSR count). The van der Waals surface area contributed by atoms with Gasteiger partial charge in [-0.1, -0.05) is 6.92 Å². The Labute approximate surface area is 117 Å². The zero-order valence-electron chi connectivity index (χ0n) is 11.5. The molecule has 0 aliphatic carbocycles. The molecule has 0 saturated carbocycles. The van der Waals surface area contributed by atoms with Gasteiger partial charge in [0.1, 0.15) is 11.4 Å². The Morgan fingerprint density at radius 2 is 2.05 bits per heavy atom. The third kappa shape index (κ3) is 4.84. The second-order valence-corrected chi connectivity index (χ2v) is 5.57. The lowest BCUT2D eigenvalue weighted by atomic mass is 9.99. The number of likely N-dealkylation sites (N-methyl/N-ethyl adjacent to an activating group) is 1. The lowest BCUT2D eigenvalue weighted by molar-refractivity contribution is -0.147. The quantitative estimate of drug-likeness (QED) is 0.617. The van der Waals surface area contributed by atoms with Crippen LogP contribution < -0.4 is 5.32 Å². The molecule has 0 spiro atoms. The molecule has 0 aliphatic rings. The van der Waals surface area contributed by atoms with E-state index in [1.807, 2.05) is 13.8 Å². The molecule has 0 aliphatic heterocycles. The summed E-state index contributed by atoms with van der Waals surface area (Å²) in [6.07, 6.45) is 0.648. The molecule has 0 radical (unpaired) electrons. The molecule has 0 saturated heterocycles. The summed E-state index contributed by atoms with van der Waals surface area (Å²) in [5.41, 5.74) is -0.670. The Morgan fingerprint density at radius 3 is 2.58 bits per heavy atom. The number of esters is 1. The van der Waals surface area contributed by atoms with E-state index in [9.17, 15) is 9.18 Å². The van der Waals surface area contributed by atoms with E-state index in [-0.39, 0.29) is 11.8 Å². The summed E-state index contributed by atoms with van der Waals surface area (Å²) < 4.78 is 17.6. The van der Waals surface area contributed by atoms with Gasteiger partial charge in [0.05, 0.1) is 7.11 Å². The highest BCUT2D eigenvalue weighted by atomic mass is 32.2. The highest BCUT2D eigenvalue weighted by Gasteiger charge is 2.32. The zero-order chi connectivity index (χ0) is 14.3. The first-order valence-electron chi connectivity index (χ1n) is 6.23. The number of nitrogens with one attached hydrogen (secondary N) is 1. The summed E-state index contributed by atoms with van der Waals surface area (Å²) in [5.74, 6) is 0.259. The normalized spacial score (nSPS) is 13.9. The maximum atomic E-state index is 12.8. The predicted molar refractivity (Wildman–Crippen MR) is 75.8 cm³/mol. The van der Waals surface area contributed by atoms with E-state index < -0.39 is 5.54 Å². The highest BCUT2D eigenvalue weighted by Crippen LogP contribution is 2.22. The lowest BCUT2D eigenvalue weighted by Crippen LogP contribution is -2.50. The van der Waals surface area contributed by atoms with Crippen molar-refractivity contribution in [2.24, 2.45) is 0 Å². The number of benzene rings is 1. The fourth-order valence-electron chi connectivity index (χ4n) is 1.78. The minimum Gasteiger partial charge on any atom is -0.468 e. The number of halogens is 1. The molecular weight excluding hydrogens is 265 g/mol. The van der Waals surface area contributed by atoms with Gasteiger partial charge in [-0.05, 0) is 44.2 Å². The molecule has 19 heavy (non-hydrogen) atoms. The van der Waals surface area contributed by atoms with Crippen molar-refractivity contribution in [2.45, 2.75) is 30.7 Å². The number of ether oxygens (including phenoxy) is 1. The molecule has 0 aromatic heterocycles. The third-order valence-electron chi connectivity index (χ3n) is 2.89. The molecule has 0 amide bonds. The summed E-state index contributed by atoms with van der Waals surface area (Å²) >= 11 is 1.60. The molecule has 106 valence electrons. The summed E-state index contributed by atoms with van der Waals surface area (Å²) in [5, 5.41) is 3.16. The van der Waals surface area contributed by atoms with E-state index in [2.05, 4.69) is 5.32 Å². The summed E-state index contributed by atoms with van der Waals surface area (Å²) in [4.78, 5) is 12.8. The van der Waals surface area contributed by atoms with Gasteiger partial charge in [0.15, 0.2) is 0 Å². The van der Waals surface area contributed by atoms with Crippen molar-refractivity contribution in [3.63, 3.8) is 0 Å². The Balaban J connectivity index is 2.52. The molecule has 1 atom stereocenters. The van der Waals surface area contributed by atoms with Crippen LogP contribution >= 0.6 is 11.8 Å². The Hall–Kier alpha value is -1.07. The number of hydrogen-bond donors (Lipinski definition) is 1. The van der Waals surface area contributed by atoms with Gasteiger partial charge in [0, 0.05) is 10.6 Å². The van der Waals surface area contributed by atoms with Crippen LogP contribution in [0.4, 0.5) is 4.39 Å². The van der Waals surface area contributed by atoms with Crippen LogP contribution in [0.2, 0.25) is 0 Å². The first kappa shape index (κ1) is 16.0. The van der Waals surface area contributed by atoms with E-state index in [4.69, 9.17) is 4.74 Å². The molecule has 1 aromatic rings. The Morgan fingerprint density at radius 1 is 1.42 bits per heavy atom. The van der Waals surface area contributed by atoms with E-state index >= 15 is 0 Å². The molecule has 1 N–H and O–H groups in total. The minimum atomic E-state index is -0.670. The fraction of sp³-hybridized carbons (Fsp3) is 0.500. The average Bonchev–Trinajstić information content (AvgIpc) is 2.40. The minimum absolute atomic E-state index is 0.239. The maximum Gasteiger partial charge on any atom is 0.325 e. The average molecular weight is 285 g/mol. The standard InChI is InChI=1S/C14H20FNO2S/c1-4-16-14(2,13(17)18-3)9-10-19-12-7-5-11(15)6-8-12/h5-8,16H,4,9-10H2,1-3H3. The van der Waals surface area contributed by atoms with Crippen LogP contribution in [0.1, 0.15) is 20.3 Å². The largest absolute Gasteiger partial charge is 0.468 e. The van der Waals surface area contributed by atoms with Crippen molar-refractivity contribution >= 4 is 17.7 Å². The Bertz CT molecular complexity index is 410. The van der Waals surface area contributed by atoms with Crippen LogP contribution in [-0.2, 0) is 9.53 Å². The van der Waals surface area contributed by atoms with Crippen LogP contribution in [0.5, 0.6) is 0 Å². The van der Waals surface area contributed by atoms with Crippen molar-refractivity contribution in [3.05, 3.63) is 30.1 Å². The van der Waals surface area contributed by atoms with Gasteiger partial charge in [0.25, 0.3) is 0 Å². The SMILES string of the molecule is CCNC(C)(CCSc1ccc(F)cc1)C(=O)OC. The van der Waals surface area contributed by atoms with Gasteiger partial charge in [-0.25, -0.2) is 4.39 Å². The first-order chi connectivity index (χ1) is 9.01. The summed E-state index contributed by atoms with van der Waals surface area (Å²) in [6.45, 7) is 4.49. The lowest BCUT2D eigenvalue weighted by Gasteiger charge is -2.27. The molecular formula is C14H20FNO2S. The number of thioether (sulfide) groups is 1. The Kier molecular flexibility index (Phi) is 6.31. The van der Waals surface area contributed by atoms with Gasteiger partial charge in [-0.3, -0.25) is 4.79 Å². The number of rotatable bonds is 7. The van der Waals surface area contributed by atoms with Crippen LogP contribution in [0.15, 0.2) is 29.2 Å². The topological polar surface area (TPSA) is 38.3 Å². The van der Waals surface area contributed by atoms with Crippen molar-refractivity contribution < 1.29 is 13.9 Å². The number of carbonyl (C=O) groups excluding carboxylic acids is 1. The predicted octanol–water partition coefficient (Wildman–Crippen LogP) is 2.85. The monoisotopic (exact) mass is 285 g/mol. The van der Waals surface area contributed by atoms with Gasteiger partial charge in [-0.2, -0.15) is 0 Å². The number of carbonyl (C=O) groups is 1. The molecule has 0 fully saturated rings. The van der Waals surface area contributed by atoms with Gasteiger partial charge < -0.3 is 10.1 Å². The van der Waals surface area contributed by atoms with Gasteiger partial charge >= 0.3 is 5.97 Å². The van der Waals surface area contributed by atoms with Crippen molar-refractivity contribution in [3.8, 4) is 0 Å². The van der Waals surface area contributed by atoms with Crippen molar-refractivity contribution in [1.82, 2.24) is 5.32 Å². The molecule has 5 heteroatoms. The van der Waals surface area contributed by atoms with Crippen LogP contribution in [0.3, 0.4) is 0 Å². The highest BCUT2D eigenvalue weighted by molar-refractivity contribution is 7.99. The fourth-order valence-corrected chi connectivity index (χ4v) is 2.86. The van der Waals surface area contributed by atoms with Crippen LogP contribution in [0, 0.1) is 5.82 Å². The third-order valence-corrected chi connectivity index (χ3v) is 3.90. The molecule has 1 unspecified atom stereocenters. The molecule has 3 nitrogen and oxygen atoms in total. The second-order valence-electron chi connectivity index (χ2n) is 4.41.